The maximum Gasteiger partial charge on any atom is 0.331 e. The molecule has 2 rings (SSSR count). The van der Waals surface area contributed by atoms with Crippen molar-refractivity contribution in [3.8, 4) is 0 Å². The van der Waals surface area contributed by atoms with Gasteiger partial charge in [0.25, 0.3) is 0 Å². The Morgan fingerprint density at radius 1 is 1.43 bits per heavy atom. The highest BCUT2D eigenvalue weighted by molar-refractivity contribution is 5.67. The van der Waals surface area contributed by atoms with Crippen LogP contribution in [0.1, 0.15) is 32.6 Å². The van der Waals surface area contributed by atoms with Gasteiger partial charge in [0, 0.05) is 12.5 Å². The van der Waals surface area contributed by atoms with Crippen LogP contribution in [0.2, 0.25) is 0 Å². The highest BCUT2D eigenvalue weighted by atomic mass is 16.7. The summed E-state index contributed by atoms with van der Waals surface area (Å²) in [6.07, 6.45) is 12.8. The van der Waals surface area contributed by atoms with E-state index in [2.05, 4.69) is 36.5 Å². The topological polar surface area (TPSA) is 61.8 Å². The van der Waals surface area contributed by atoms with Crippen molar-refractivity contribution in [2.75, 3.05) is 19.7 Å². The minimum Gasteiger partial charge on any atom is -0.479 e. The summed E-state index contributed by atoms with van der Waals surface area (Å²) in [6, 6.07) is 0. The van der Waals surface area contributed by atoms with Gasteiger partial charge in [0.1, 0.15) is 0 Å². The fraction of sp³-hybridized carbons (Fsp3) is 0.688. The van der Waals surface area contributed by atoms with Crippen LogP contribution >= 0.6 is 0 Å². The Morgan fingerprint density at radius 2 is 2.29 bits per heavy atom. The van der Waals surface area contributed by atoms with E-state index >= 15 is 0 Å². The number of aliphatic carboxylic acids is 1. The number of hydroxylamine groups is 2. The maximum atomic E-state index is 10.8. The molecule has 1 fully saturated rings. The molecule has 1 aliphatic carbocycles. The third kappa shape index (κ3) is 5.26. The Bertz CT molecular complexity index is 395. The van der Waals surface area contributed by atoms with Crippen LogP contribution < -0.4 is 5.32 Å². The molecule has 0 amide bonds. The quantitative estimate of drug-likeness (QED) is 0.832. The molecule has 2 N–H and O–H groups in total. The molecule has 21 heavy (non-hydrogen) atoms. The Balaban J connectivity index is 2.06. The number of nitrogens with zero attached hydrogens (tertiary/aromatic N) is 1. The fourth-order valence-corrected chi connectivity index (χ4v) is 2.92. The minimum atomic E-state index is -0.930. The number of carboxylic acid groups (broad SMARTS) is 1. The van der Waals surface area contributed by atoms with Gasteiger partial charge in [-0.3, -0.25) is 10.2 Å². The molecule has 1 aliphatic heterocycles. The lowest BCUT2D eigenvalue weighted by Crippen LogP contribution is -2.51. The number of hydrogen-bond donors (Lipinski definition) is 2. The molecule has 5 nitrogen and oxygen atoms in total. The van der Waals surface area contributed by atoms with E-state index in [1.165, 1.54) is 6.42 Å². The van der Waals surface area contributed by atoms with Crippen molar-refractivity contribution in [1.29, 1.82) is 0 Å². The first-order valence-corrected chi connectivity index (χ1v) is 7.85. The second-order valence-electron chi connectivity index (χ2n) is 5.96. The Kier molecular flexibility index (Phi) is 6.42. The lowest BCUT2D eigenvalue weighted by Gasteiger charge is -2.35. The molecule has 0 aromatic heterocycles. The summed E-state index contributed by atoms with van der Waals surface area (Å²) in [5.74, 6) is 0.0289. The monoisotopic (exact) mass is 294 g/mol. The molecule has 2 aliphatic rings. The first-order valence-electron chi connectivity index (χ1n) is 7.85. The van der Waals surface area contributed by atoms with Crippen LogP contribution in [0.5, 0.6) is 0 Å². The summed E-state index contributed by atoms with van der Waals surface area (Å²) in [4.78, 5) is 16.4. The van der Waals surface area contributed by atoms with Crippen molar-refractivity contribution < 1.29 is 14.7 Å². The fourth-order valence-electron chi connectivity index (χ4n) is 2.92. The molecule has 3 unspecified atom stereocenters. The highest BCUT2D eigenvalue weighted by Gasteiger charge is 2.28. The predicted octanol–water partition coefficient (Wildman–Crippen LogP) is 2.17. The number of carboxylic acids is 1. The zero-order chi connectivity index (χ0) is 15.1. The van der Waals surface area contributed by atoms with Crippen LogP contribution in [0.3, 0.4) is 0 Å². The average Bonchev–Trinajstić information content (AvgIpc) is 2.57. The van der Waals surface area contributed by atoms with Crippen LogP contribution in [0.15, 0.2) is 24.3 Å². The number of carbonyl (C=O) groups is 1. The maximum absolute atomic E-state index is 10.8. The standard InChI is InChI=1S/C16H26N2O3/c1-13-6-5-10-17-16(14-7-3-2-4-8-14)18(11-9-13)21-12-15(19)20/h2-4,7,13-14,16-17H,5-6,8-12H2,1H3,(H,19,20). The van der Waals surface area contributed by atoms with Gasteiger partial charge in [0.15, 0.2) is 6.61 Å². The first kappa shape index (κ1) is 16.2. The van der Waals surface area contributed by atoms with Crippen molar-refractivity contribution in [2.24, 2.45) is 11.8 Å². The predicted molar refractivity (Wildman–Crippen MR) is 81.5 cm³/mol. The third-order valence-corrected chi connectivity index (χ3v) is 4.15. The smallest absolute Gasteiger partial charge is 0.331 e. The zero-order valence-corrected chi connectivity index (χ0v) is 12.7. The van der Waals surface area contributed by atoms with Crippen molar-refractivity contribution in [3.63, 3.8) is 0 Å². The Hall–Kier alpha value is -1.17. The molecule has 0 spiro atoms. The molecule has 1 heterocycles. The van der Waals surface area contributed by atoms with Crippen LogP contribution in [-0.2, 0) is 9.63 Å². The SMILES string of the molecule is CC1CCCNC(C2C=CC=CC2)N(OCC(=O)O)CC1. The van der Waals surface area contributed by atoms with Crippen molar-refractivity contribution >= 4 is 5.97 Å². The summed E-state index contributed by atoms with van der Waals surface area (Å²) in [5, 5.41) is 14.3. The lowest BCUT2D eigenvalue weighted by atomic mass is 9.97. The molecular formula is C16H26N2O3. The van der Waals surface area contributed by atoms with Gasteiger partial charge >= 0.3 is 5.97 Å². The summed E-state index contributed by atoms with van der Waals surface area (Å²) in [6.45, 7) is 3.67. The van der Waals surface area contributed by atoms with Crippen LogP contribution in [0, 0.1) is 11.8 Å². The van der Waals surface area contributed by atoms with Gasteiger partial charge in [-0.25, -0.2) is 4.79 Å². The van der Waals surface area contributed by atoms with E-state index in [-0.39, 0.29) is 12.8 Å². The average molecular weight is 294 g/mol. The lowest BCUT2D eigenvalue weighted by molar-refractivity contribution is -0.209. The number of hydrogen-bond acceptors (Lipinski definition) is 4. The van der Waals surface area contributed by atoms with E-state index in [4.69, 9.17) is 9.94 Å². The first-order chi connectivity index (χ1) is 10.2. The van der Waals surface area contributed by atoms with Gasteiger partial charge in [0.2, 0.25) is 0 Å². The van der Waals surface area contributed by atoms with E-state index in [1.807, 2.05) is 5.06 Å². The van der Waals surface area contributed by atoms with Gasteiger partial charge in [-0.15, -0.1) is 0 Å². The van der Waals surface area contributed by atoms with E-state index in [0.29, 0.717) is 11.8 Å². The summed E-state index contributed by atoms with van der Waals surface area (Å²) in [7, 11) is 0. The molecule has 3 atom stereocenters. The highest BCUT2D eigenvalue weighted by Crippen LogP contribution is 2.22. The summed E-state index contributed by atoms with van der Waals surface area (Å²) in [5.41, 5.74) is 0. The summed E-state index contributed by atoms with van der Waals surface area (Å²) < 4.78 is 0. The third-order valence-electron chi connectivity index (χ3n) is 4.15. The van der Waals surface area contributed by atoms with Crippen LogP contribution in [0.25, 0.3) is 0 Å². The molecular weight excluding hydrogens is 268 g/mol. The van der Waals surface area contributed by atoms with Crippen LogP contribution in [0.4, 0.5) is 0 Å². The van der Waals surface area contributed by atoms with Gasteiger partial charge in [-0.05, 0) is 38.1 Å². The Labute approximate surface area is 126 Å². The van der Waals surface area contributed by atoms with Crippen LogP contribution in [-0.4, -0.2) is 42.0 Å². The Morgan fingerprint density at radius 3 is 3.00 bits per heavy atom. The van der Waals surface area contributed by atoms with E-state index in [0.717, 1.165) is 32.4 Å². The van der Waals surface area contributed by atoms with Gasteiger partial charge in [0.05, 0.1) is 6.17 Å². The van der Waals surface area contributed by atoms with Gasteiger partial charge < -0.3 is 5.11 Å². The number of allylic oxidation sites excluding steroid dienone is 3. The normalized spacial score (nSPS) is 31.4. The molecule has 0 saturated carbocycles. The van der Waals surface area contributed by atoms with E-state index in [1.54, 1.807) is 0 Å². The second-order valence-corrected chi connectivity index (χ2v) is 5.96. The molecule has 1 saturated heterocycles. The van der Waals surface area contributed by atoms with Gasteiger partial charge in [-0.1, -0.05) is 31.2 Å². The minimum absolute atomic E-state index is 0.0378. The van der Waals surface area contributed by atoms with Crippen molar-refractivity contribution in [3.05, 3.63) is 24.3 Å². The van der Waals surface area contributed by atoms with E-state index in [9.17, 15) is 4.79 Å². The molecule has 118 valence electrons. The largest absolute Gasteiger partial charge is 0.479 e. The van der Waals surface area contributed by atoms with Crippen molar-refractivity contribution in [2.45, 2.75) is 38.8 Å². The molecule has 0 aromatic carbocycles. The number of nitrogens with one attached hydrogen (secondary N) is 1. The molecule has 0 radical (unpaired) electrons. The number of rotatable bonds is 4. The van der Waals surface area contributed by atoms with E-state index < -0.39 is 5.97 Å². The summed E-state index contributed by atoms with van der Waals surface area (Å²) >= 11 is 0. The van der Waals surface area contributed by atoms with Crippen molar-refractivity contribution in [1.82, 2.24) is 10.4 Å². The second kappa shape index (κ2) is 8.32. The van der Waals surface area contributed by atoms with Gasteiger partial charge in [-0.2, -0.15) is 5.06 Å². The molecule has 5 heteroatoms. The molecule has 0 bridgehead atoms. The zero-order valence-electron chi connectivity index (χ0n) is 12.7. The molecule has 0 aromatic rings.